The molecule has 86 valence electrons. The molecule has 1 unspecified atom stereocenters. The predicted octanol–water partition coefficient (Wildman–Crippen LogP) is 5.41. The van der Waals surface area contributed by atoms with Gasteiger partial charge in [0.1, 0.15) is 0 Å². The number of hydrogen-bond donors (Lipinski definition) is 1. The maximum atomic E-state index is 3.60. The van der Waals surface area contributed by atoms with Gasteiger partial charge in [-0.15, -0.1) is 22.7 Å². The molecule has 16 heavy (non-hydrogen) atoms. The fourth-order valence-electron chi connectivity index (χ4n) is 1.48. The van der Waals surface area contributed by atoms with E-state index in [1.807, 2.05) is 7.05 Å². The van der Waals surface area contributed by atoms with Crippen LogP contribution in [0.5, 0.6) is 0 Å². The van der Waals surface area contributed by atoms with Crippen LogP contribution in [0.2, 0.25) is 0 Å². The van der Waals surface area contributed by atoms with Crippen LogP contribution in [0.3, 0.4) is 0 Å². The van der Waals surface area contributed by atoms with Crippen LogP contribution >= 0.6 is 70.5 Å². The molecule has 2 aromatic rings. The third kappa shape index (κ3) is 2.79. The molecule has 0 saturated carbocycles. The molecule has 0 amide bonds. The van der Waals surface area contributed by atoms with Crippen LogP contribution in [-0.4, -0.2) is 7.05 Å². The molecule has 1 nitrogen and oxygen atoms in total. The molecule has 0 radical (unpaired) electrons. The molecule has 0 aromatic carbocycles. The van der Waals surface area contributed by atoms with Gasteiger partial charge >= 0.3 is 0 Å². The van der Waals surface area contributed by atoms with Gasteiger partial charge in [-0.2, -0.15) is 0 Å². The van der Waals surface area contributed by atoms with E-state index in [0.717, 1.165) is 7.57 Å². The lowest BCUT2D eigenvalue weighted by Gasteiger charge is -2.13. The summed E-state index contributed by atoms with van der Waals surface area (Å²) in [4.78, 5) is 1.31. The highest BCUT2D eigenvalue weighted by Gasteiger charge is 2.18. The maximum absolute atomic E-state index is 3.60. The minimum absolute atomic E-state index is 0.244. The van der Waals surface area contributed by atoms with E-state index in [-0.39, 0.29) is 6.04 Å². The highest BCUT2D eigenvalue weighted by atomic mass is 79.9. The fourth-order valence-corrected chi connectivity index (χ4v) is 5.94. The number of thiophene rings is 2. The Morgan fingerprint density at radius 3 is 2.31 bits per heavy atom. The monoisotopic (exact) mass is 443 g/mol. The predicted molar refractivity (Wildman–Crippen MR) is 82.6 cm³/mol. The van der Waals surface area contributed by atoms with Crippen LogP contribution in [0.4, 0.5) is 0 Å². The number of rotatable bonds is 3. The first-order valence-electron chi connectivity index (χ1n) is 4.49. The minimum Gasteiger partial charge on any atom is -0.309 e. The van der Waals surface area contributed by atoms with E-state index in [1.165, 1.54) is 14.2 Å². The van der Waals surface area contributed by atoms with Gasteiger partial charge in [-0.1, -0.05) is 0 Å². The average Bonchev–Trinajstić information content (AvgIpc) is 2.76. The molecule has 0 bridgehead atoms. The summed E-state index contributed by atoms with van der Waals surface area (Å²) in [7, 11) is 1.98. The Kier molecular flexibility index (Phi) is 4.66. The standard InChI is InChI=1S/C10H8Br3NS2/c1-14-9(6-2-3-7(11)15-6)5-4-8(12)16-10(5)13/h2-4,9,14H,1H3. The number of nitrogens with one attached hydrogen (secondary N) is 1. The van der Waals surface area contributed by atoms with Gasteiger partial charge in [-0.3, -0.25) is 0 Å². The Morgan fingerprint density at radius 2 is 1.88 bits per heavy atom. The normalized spacial score (nSPS) is 13.0. The van der Waals surface area contributed by atoms with Crippen molar-refractivity contribution in [1.29, 1.82) is 0 Å². The molecule has 6 heteroatoms. The summed E-state index contributed by atoms with van der Waals surface area (Å²) in [5.41, 5.74) is 1.27. The number of hydrogen-bond acceptors (Lipinski definition) is 3. The largest absolute Gasteiger partial charge is 0.309 e. The molecule has 1 N–H and O–H groups in total. The lowest BCUT2D eigenvalue weighted by atomic mass is 10.1. The maximum Gasteiger partial charge on any atom is 0.0762 e. The molecule has 0 aliphatic carbocycles. The molecule has 0 spiro atoms. The molecule has 0 aliphatic rings. The SMILES string of the molecule is CNC(c1ccc(Br)s1)c1cc(Br)sc1Br. The van der Waals surface area contributed by atoms with Crippen molar-refractivity contribution in [3.05, 3.63) is 40.0 Å². The molecule has 2 heterocycles. The lowest BCUT2D eigenvalue weighted by Crippen LogP contribution is -2.16. The molecular formula is C10H8Br3NS2. The van der Waals surface area contributed by atoms with Crippen molar-refractivity contribution in [3.63, 3.8) is 0 Å². The first kappa shape index (κ1) is 13.2. The molecule has 0 fully saturated rings. The smallest absolute Gasteiger partial charge is 0.0762 e. The Hall–Kier alpha value is 0.800. The summed E-state index contributed by atoms with van der Waals surface area (Å²) >= 11 is 14.1. The van der Waals surface area contributed by atoms with E-state index in [9.17, 15) is 0 Å². The van der Waals surface area contributed by atoms with Crippen LogP contribution in [0.25, 0.3) is 0 Å². The third-order valence-corrected chi connectivity index (χ3v) is 6.24. The van der Waals surface area contributed by atoms with Gasteiger partial charge < -0.3 is 5.32 Å². The minimum atomic E-state index is 0.244. The van der Waals surface area contributed by atoms with Gasteiger partial charge in [-0.25, -0.2) is 0 Å². The third-order valence-electron chi connectivity index (χ3n) is 2.16. The van der Waals surface area contributed by atoms with Gasteiger partial charge in [0.05, 0.1) is 17.4 Å². The van der Waals surface area contributed by atoms with Crippen molar-refractivity contribution in [1.82, 2.24) is 5.32 Å². The average molecular weight is 446 g/mol. The topological polar surface area (TPSA) is 12.0 Å². The Labute approximate surface area is 128 Å². The molecule has 1 atom stereocenters. The second kappa shape index (κ2) is 5.63. The summed E-state index contributed by atoms with van der Waals surface area (Å²) < 4.78 is 3.47. The summed E-state index contributed by atoms with van der Waals surface area (Å²) in [5.74, 6) is 0. The summed E-state index contributed by atoms with van der Waals surface area (Å²) in [5, 5.41) is 3.35. The van der Waals surface area contributed by atoms with Crippen LogP contribution in [0, 0.1) is 0 Å². The zero-order chi connectivity index (χ0) is 11.7. The molecular weight excluding hydrogens is 438 g/mol. The van der Waals surface area contributed by atoms with E-state index < -0.39 is 0 Å². The molecule has 0 saturated heterocycles. The second-order valence-electron chi connectivity index (χ2n) is 3.14. The Morgan fingerprint density at radius 1 is 1.12 bits per heavy atom. The highest BCUT2D eigenvalue weighted by molar-refractivity contribution is 9.12. The van der Waals surface area contributed by atoms with Crippen LogP contribution < -0.4 is 5.32 Å². The summed E-state index contributed by atoms with van der Waals surface area (Å²) in [6.45, 7) is 0. The van der Waals surface area contributed by atoms with Crippen LogP contribution in [0.1, 0.15) is 16.5 Å². The highest BCUT2D eigenvalue weighted by Crippen LogP contribution is 2.39. The van der Waals surface area contributed by atoms with Crippen LogP contribution in [0.15, 0.2) is 29.6 Å². The summed E-state index contributed by atoms with van der Waals surface area (Å²) in [6.07, 6.45) is 0. The van der Waals surface area contributed by atoms with Crippen molar-refractivity contribution >= 4 is 70.5 Å². The molecule has 2 rings (SSSR count). The zero-order valence-corrected chi connectivity index (χ0v) is 14.7. The molecule has 0 aliphatic heterocycles. The summed E-state index contributed by atoms with van der Waals surface area (Å²) in [6, 6.07) is 6.63. The zero-order valence-electron chi connectivity index (χ0n) is 8.26. The molecule has 2 aromatic heterocycles. The second-order valence-corrected chi connectivity index (χ2v) is 9.39. The first-order valence-corrected chi connectivity index (χ1v) is 8.50. The van der Waals surface area contributed by atoms with E-state index in [2.05, 4.69) is 71.3 Å². The van der Waals surface area contributed by atoms with Gasteiger partial charge in [0.25, 0.3) is 0 Å². The first-order chi connectivity index (χ1) is 7.61. The Balaban J connectivity index is 2.40. The van der Waals surface area contributed by atoms with Crippen molar-refractivity contribution < 1.29 is 0 Å². The van der Waals surface area contributed by atoms with Crippen molar-refractivity contribution in [3.8, 4) is 0 Å². The van der Waals surface area contributed by atoms with Crippen molar-refractivity contribution in [2.24, 2.45) is 0 Å². The van der Waals surface area contributed by atoms with E-state index >= 15 is 0 Å². The van der Waals surface area contributed by atoms with E-state index in [4.69, 9.17) is 0 Å². The van der Waals surface area contributed by atoms with Crippen LogP contribution in [-0.2, 0) is 0 Å². The van der Waals surface area contributed by atoms with E-state index in [0.29, 0.717) is 0 Å². The van der Waals surface area contributed by atoms with Gasteiger partial charge in [0.2, 0.25) is 0 Å². The Bertz CT molecular complexity index is 492. The van der Waals surface area contributed by atoms with Gasteiger partial charge in [-0.05, 0) is 73.0 Å². The lowest BCUT2D eigenvalue weighted by molar-refractivity contribution is 0.704. The van der Waals surface area contributed by atoms with E-state index in [1.54, 1.807) is 22.7 Å². The van der Waals surface area contributed by atoms with Crippen molar-refractivity contribution in [2.75, 3.05) is 7.05 Å². The van der Waals surface area contributed by atoms with Gasteiger partial charge in [0.15, 0.2) is 0 Å². The fraction of sp³-hybridized carbons (Fsp3) is 0.200. The van der Waals surface area contributed by atoms with Crippen molar-refractivity contribution in [2.45, 2.75) is 6.04 Å². The quantitative estimate of drug-likeness (QED) is 0.666. The number of halogens is 3. The van der Waals surface area contributed by atoms with Gasteiger partial charge in [0, 0.05) is 10.4 Å².